The van der Waals surface area contributed by atoms with E-state index >= 15 is 4.79 Å². The lowest BCUT2D eigenvalue weighted by atomic mass is 9.45. The standard InChI is InChI=1S/C61H88N4O9/c1-5-40-16-18-45-46(14-11-30-66)48-15-9-26-61(48)44-35-50(56(71)53(36-44)73-59(39-62-2)27-22-42(37-59)34-55(70)74-58(28-31-67)23-6-7-24-58)65-57(63-3)64-29-10-13-43-12-8-25-60(43,54(69)21-19-49(61)47(45)32-40)38-41-17-20-51(68)52(33-41)72-4/h17,19-21,33,35-36,40,42-43,45-49,55,62,66-68,70-71H,5-9,11-16,18,22-28,30-32,34,37-39H2,1-4H3,(H2,63,64,65). The van der Waals surface area contributed by atoms with Crippen molar-refractivity contribution >= 4 is 17.4 Å². The fourth-order valence-corrected chi connectivity index (χ4v) is 16.7. The fraction of sp³-hybridized carbons (Fsp3) is 0.705. The van der Waals surface area contributed by atoms with E-state index in [-0.39, 0.29) is 54.2 Å². The van der Waals surface area contributed by atoms with Crippen LogP contribution < -0.4 is 25.4 Å². The van der Waals surface area contributed by atoms with Gasteiger partial charge in [0.2, 0.25) is 5.96 Å². The molecule has 0 saturated heterocycles. The Balaban J connectivity index is 1.16. The first kappa shape index (κ1) is 54.5. The minimum Gasteiger partial charge on any atom is -0.504 e. The predicted molar refractivity (Wildman–Crippen MR) is 289 cm³/mol. The Morgan fingerprint density at radius 1 is 0.919 bits per heavy atom. The molecule has 6 fully saturated rings. The van der Waals surface area contributed by atoms with Crippen LogP contribution in [0.15, 0.2) is 47.5 Å². The molecule has 13 heteroatoms. The highest BCUT2D eigenvalue weighted by molar-refractivity contribution is 5.97. The third-order valence-electron chi connectivity index (χ3n) is 20.1. The van der Waals surface area contributed by atoms with E-state index < -0.39 is 28.3 Å². The molecular weight excluding hydrogens is 933 g/mol. The molecule has 406 valence electrons. The summed E-state index contributed by atoms with van der Waals surface area (Å²) in [5.41, 5.74) is 0.200. The number of carbonyl (C=O) groups is 1. The summed E-state index contributed by atoms with van der Waals surface area (Å²) < 4.78 is 19.3. The van der Waals surface area contributed by atoms with E-state index in [1.54, 1.807) is 20.2 Å². The second-order valence-electron chi connectivity index (χ2n) is 24.0. The summed E-state index contributed by atoms with van der Waals surface area (Å²) in [6, 6.07) is 12.9. The van der Waals surface area contributed by atoms with Gasteiger partial charge in [-0.15, -0.1) is 0 Å². The lowest BCUT2D eigenvalue weighted by molar-refractivity contribution is -0.195. The van der Waals surface area contributed by atoms with Crippen LogP contribution in [-0.4, -0.2) is 95.7 Å². The summed E-state index contributed by atoms with van der Waals surface area (Å²) in [5.74, 6) is 6.86. The van der Waals surface area contributed by atoms with E-state index in [4.69, 9.17) is 14.2 Å². The minimum atomic E-state index is -0.952. The maximum Gasteiger partial charge on any atom is 0.207 e. The van der Waals surface area contributed by atoms with Crippen molar-refractivity contribution in [3.05, 3.63) is 53.6 Å². The highest BCUT2D eigenvalue weighted by atomic mass is 16.6. The van der Waals surface area contributed by atoms with Gasteiger partial charge >= 0.3 is 0 Å². The summed E-state index contributed by atoms with van der Waals surface area (Å²) in [4.78, 5) is 20.3. The van der Waals surface area contributed by atoms with Gasteiger partial charge in [-0.05, 0) is 192 Å². The number of rotatable bonds is 17. The molecule has 12 unspecified atom stereocenters. The summed E-state index contributed by atoms with van der Waals surface area (Å²) in [5, 5.41) is 65.1. The second kappa shape index (κ2) is 23.5. The number of nitrogens with one attached hydrogen (secondary N) is 3. The summed E-state index contributed by atoms with van der Waals surface area (Å²) >= 11 is 0. The molecule has 1 heterocycles. The van der Waals surface area contributed by atoms with E-state index in [1.807, 2.05) is 25.3 Å². The molecule has 2 aromatic rings. The van der Waals surface area contributed by atoms with Crippen molar-refractivity contribution in [3.8, 4) is 35.0 Å². The zero-order chi connectivity index (χ0) is 52.1. The van der Waals surface area contributed by atoms with E-state index in [1.165, 1.54) is 6.42 Å². The summed E-state index contributed by atoms with van der Waals surface area (Å²) in [7, 11) is 5.19. The van der Waals surface area contributed by atoms with Gasteiger partial charge in [0, 0.05) is 56.5 Å². The predicted octanol–water partition coefficient (Wildman–Crippen LogP) is 9.67. The Morgan fingerprint density at radius 2 is 1.74 bits per heavy atom. The normalized spacial score (nSPS) is 34.4. The number of methoxy groups -OCH3 is 1. The lowest BCUT2D eigenvalue weighted by Gasteiger charge is -2.59. The summed E-state index contributed by atoms with van der Waals surface area (Å²) in [6.07, 6.45) is 23.1. The zero-order valence-electron chi connectivity index (χ0n) is 44.9. The van der Waals surface area contributed by atoms with Crippen LogP contribution in [-0.2, 0) is 21.4 Å². The third-order valence-corrected chi connectivity index (χ3v) is 20.1. The Hall–Kier alpha value is -4.32. The number of benzene rings is 2. The number of ether oxygens (including phenoxy) is 3. The molecule has 1 aliphatic heterocycles. The number of carbonyl (C=O) groups excluding carboxylic acids is 1. The van der Waals surface area contributed by atoms with Crippen molar-refractivity contribution < 1.29 is 44.5 Å². The van der Waals surface area contributed by atoms with Gasteiger partial charge in [0.15, 0.2) is 35.1 Å². The fourth-order valence-electron chi connectivity index (χ4n) is 16.7. The van der Waals surface area contributed by atoms with Crippen LogP contribution in [0.3, 0.4) is 0 Å². The Morgan fingerprint density at radius 3 is 2.50 bits per heavy atom. The van der Waals surface area contributed by atoms with Gasteiger partial charge in [-0.25, -0.2) is 0 Å². The van der Waals surface area contributed by atoms with Gasteiger partial charge in [-0.3, -0.25) is 15.1 Å². The molecule has 13 nitrogen and oxygen atoms in total. The number of aromatic hydroxyl groups is 2. The van der Waals surface area contributed by atoms with Gasteiger partial charge in [-0.2, -0.15) is 0 Å². The number of fused-ring (bicyclic) bond motifs is 5. The summed E-state index contributed by atoms with van der Waals surface area (Å²) in [6.45, 7) is 3.04. The zero-order valence-corrected chi connectivity index (χ0v) is 44.9. The Kier molecular flexibility index (Phi) is 17.3. The van der Waals surface area contributed by atoms with Gasteiger partial charge in [0.05, 0.1) is 18.4 Å². The molecule has 1 spiro atoms. The van der Waals surface area contributed by atoms with Crippen molar-refractivity contribution in [2.24, 2.45) is 57.8 Å². The first-order valence-corrected chi connectivity index (χ1v) is 28.7. The van der Waals surface area contributed by atoms with Crippen LogP contribution in [0.2, 0.25) is 0 Å². The van der Waals surface area contributed by atoms with Crippen LogP contribution in [0.1, 0.15) is 159 Å². The Labute approximate surface area is 441 Å². The molecule has 0 radical (unpaired) electrons. The number of allylic oxidation sites excluding steroid dienone is 2. The largest absolute Gasteiger partial charge is 0.504 e. The van der Waals surface area contributed by atoms with Crippen LogP contribution in [0.25, 0.3) is 0 Å². The number of ketones is 1. The highest BCUT2D eigenvalue weighted by Gasteiger charge is 2.61. The van der Waals surface area contributed by atoms with Crippen molar-refractivity contribution in [3.63, 3.8) is 0 Å². The highest BCUT2D eigenvalue weighted by Crippen LogP contribution is 2.67. The number of nitrogens with zero attached hydrogens (tertiary/aromatic N) is 1. The maximum atomic E-state index is 15.7. The van der Waals surface area contributed by atoms with E-state index in [0.717, 1.165) is 114 Å². The van der Waals surface area contributed by atoms with Gasteiger partial charge in [0.1, 0.15) is 5.60 Å². The number of aliphatic hydroxyl groups excluding tert-OH is 3. The molecule has 74 heavy (non-hydrogen) atoms. The third kappa shape index (κ3) is 10.8. The smallest absolute Gasteiger partial charge is 0.207 e. The number of anilines is 1. The van der Waals surface area contributed by atoms with Crippen LogP contribution in [0.5, 0.6) is 23.0 Å². The number of phenolic OH excluding ortho intramolecular Hbond substituents is 2. The van der Waals surface area contributed by atoms with Crippen molar-refractivity contribution in [1.29, 1.82) is 0 Å². The molecule has 6 saturated carbocycles. The lowest BCUT2D eigenvalue weighted by Crippen LogP contribution is -2.55. The number of guanidine groups is 1. The van der Waals surface area contributed by atoms with Gasteiger partial charge < -0.3 is 50.4 Å². The number of phenols is 2. The SMILES string of the molecule is CCC1CCC2C(C1)C1C=CC(=O)C3(Cc4ccc(O)c(OC)c4)CCCC3CC#CNC(=NC)Nc3cc(cc(OC4(CNC)CCC(CC(O)OC5(CCO)CCCC5)C4)c3O)C13CCCC3C2CCCO. The maximum absolute atomic E-state index is 15.7. The first-order chi connectivity index (χ1) is 35.9. The molecule has 8 N–H and O–H groups in total. The van der Waals surface area contributed by atoms with Crippen molar-refractivity contribution in [2.75, 3.05) is 46.3 Å². The topological polar surface area (TPSA) is 194 Å². The number of hydrogen-bond donors (Lipinski definition) is 8. The number of aliphatic imine (C=N–C) groups is 1. The number of aliphatic hydroxyl groups is 3. The van der Waals surface area contributed by atoms with E-state index in [9.17, 15) is 25.5 Å². The first-order valence-electron chi connectivity index (χ1n) is 28.7. The molecule has 2 aromatic carbocycles. The molecule has 7 aliphatic rings. The van der Waals surface area contributed by atoms with E-state index in [2.05, 4.69) is 58.0 Å². The van der Waals surface area contributed by atoms with Crippen molar-refractivity contribution in [1.82, 2.24) is 10.6 Å². The molecule has 12 atom stereocenters. The monoisotopic (exact) mass is 1020 g/mol. The average molecular weight is 1020 g/mol. The molecule has 0 aromatic heterocycles. The molecule has 2 bridgehead atoms. The van der Waals surface area contributed by atoms with Crippen molar-refractivity contribution in [2.45, 2.75) is 178 Å². The quantitative estimate of drug-likeness (QED) is 0.0426. The molecule has 0 amide bonds. The average Bonchev–Trinajstić information content (AvgIpc) is 4.22. The number of hydrogen-bond acceptors (Lipinski definition) is 11. The van der Waals surface area contributed by atoms with Crippen LogP contribution >= 0.6 is 0 Å². The molecule has 9 rings (SSSR count). The van der Waals surface area contributed by atoms with Gasteiger partial charge in [0.25, 0.3) is 0 Å². The van der Waals surface area contributed by atoms with Crippen LogP contribution in [0.4, 0.5) is 5.69 Å². The Bertz CT molecular complexity index is 2390. The van der Waals surface area contributed by atoms with Crippen LogP contribution in [0, 0.1) is 64.7 Å². The van der Waals surface area contributed by atoms with E-state index in [0.29, 0.717) is 91.9 Å². The minimum absolute atomic E-state index is 0.00600. The molecule has 6 aliphatic carbocycles. The number of likely N-dealkylation sites (N-methyl/N-ethyl adjacent to an activating group) is 1. The van der Waals surface area contributed by atoms with Gasteiger partial charge in [-0.1, -0.05) is 63.5 Å². The second-order valence-corrected chi connectivity index (χ2v) is 24.0. The molecular formula is C61H88N4O9.